The molecule has 4 fully saturated rings. The predicted molar refractivity (Wildman–Crippen MR) is 181 cm³/mol. The minimum atomic E-state index is -4.01. The number of ketones is 1. The number of fused-ring (bicyclic) bond motifs is 1. The van der Waals surface area contributed by atoms with Crippen molar-refractivity contribution in [2.75, 3.05) is 6.54 Å². The maximum Gasteiger partial charge on any atom is 0.289 e. The summed E-state index contributed by atoms with van der Waals surface area (Å²) >= 11 is 0. The molecule has 13 nitrogen and oxygen atoms in total. The van der Waals surface area contributed by atoms with Gasteiger partial charge in [-0.05, 0) is 68.1 Å². The zero-order valence-corrected chi connectivity index (χ0v) is 28.3. The van der Waals surface area contributed by atoms with Gasteiger partial charge in [0.05, 0.1) is 13.6 Å². The van der Waals surface area contributed by atoms with Crippen molar-refractivity contribution in [3.8, 4) is 0 Å². The van der Waals surface area contributed by atoms with Crippen LogP contribution in [0.4, 0.5) is 0 Å². The van der Waals surface area contributed by atoms with E-state index in [-0.39, 0.29) is 24.1 Å². The van der Waals surface area contributed by atoms with E-state index in [0.29, 0.717) is 44.9 Å². The number of likely N-dealkylation sites (tertiary alicyclic amines) is 1. The van der Waals surface area contributed by atoms with Gasteiger partial charge in [0.2, 0.25) is 23.5 Å². The van der Waals surface area contributed by atoms with E-state index in [0.717, 1.165) is 19.3 Å². The second-order valence-electron chi connectivity index (χ2n) is 14.7. The number of carbonyl (C=O) groups is 6. The topological polar surface area (TPSA) is 180 Å². The molecule has 2 heterocycles. The second kappa shape index (κ2) is 15.8. The SMILES string of the molecule is [2H]C([2H])([2H])C([2H])([2H])C([2H])([2H])[C@@]([2H])(NC(=O)[C@@H]1[C@H]2CCC[C@H]2CN1C(=O)[C@@H](NC(=O)[C@@H](NC(=O)c1cnccn1)C1CCCCC1)C(C)(C)C)C(=O)C(=O)NC1CC1. The normalized spacial score (nSPS) is 28.1. The van der Waals surface area contributed by atoms with E-state index in [2.05, 4.69) is 25.9 Å². The van der Waals surface area contributed by atoms with Crippen molar-refractivity contribution in [2.45, 2.75) is 135 Å². The summed E-state index contributed by atoms with van der Waals surface area (Å²) in [7, 11) is 0. The van der Waals surface area contributed by atoms with Crippen LogP contribution in [-0.2, 0) is 24.0 Å². The molecule has 6 atom stereocenters. The zero-order valence-electron chi connectivity index (χ0n) is 36.3. The minimum absolute atomic E-state index is 0.00249. The van der Waals surface area contributed by atoms with Gasteiger partial charge in [0.15, 0.2) is 0 Å². The Balaban J connectivity index is 1.47. The van der Waals surface area contributed by atoms with Crippen molar-refractivity contribution in [3.63, 3.8) is 0 Å². The first kappa shape index (κ1) is 26.9. The zero-order chi connectivity index (χ0) is 42.3. The Labute approximate surface area is 300 Å². The molecule has 1 saturated heterocycles. The third-order valence-corrected chi connectivity index (χ3v) is 10.1. The molecule has 4 aliphatic rings. The van der Waals surface area contributed by atoms with E-state index in [1.807, 2.05) is 5.32 Å². The van der Waals surface area contributed by atoms with Crippen LogP contribution in [0.1, 0.15) is 126 Å². The monoisotopic (exact) mass is 687 g/mol. The van der Waals surface area contributed by atoms with Crippen LogP contribution in [0.2, 0.25) is 0 Å². The van der Waals surface area contributed by atoms with E-state index in [4.69, 9.17) is 11.0 Å². The molecular formula is C36H53N7O6. The fourth-order valence-electron chi connectivity index (χ4n) is 7.41. The van der Waals surface area contributed by atoms with Gasteiger partial charge in [0.25, 0.3) is 11.8 Å². The molecule has 1 aromatic rings. The second-order valence-corrected chi connectivity index (χ2v) is 14.7. The average molecular weight is 688 g/mol. The van der Waals surface area contributed by atoms with Crippen LogP contribution in [0.3, 0.4) is 0 Å². The number of nitrogens with one attached hydrogen (secondary N) is 4. The van der Waals surface area contributed by atoms with Crippen LogP contribution in [-0.4, -0.2) is 86.9 Å². The average Bonchev–Trinajstić information content (AvgIpc) is 3.71. The highest BCUT2D eigenvalue weighted by atomic mass is 16.2. The third-order valence-electron chi connectivity index (χ3n) is 10.1. The molecule has 4 N–H and O–H groups in total. The summed E-state index contributed by atoms with van der Waals surface area (Å²) < 4.78 is 65.9. The van der Waals surface area contributed by atoms with Crippen LogP contribution in [0.25, 0.3) is 0 Å². The van der Waals surface area contributed by atoms with Crippen molar-refractivity contribution in [3.05, 3.63) is 24.3 Å². The van der Waals surface area contributed by atoms with Crippen LogP contribution in [0, 0.1) is 23.2 Å². The van der Waals surface area contributed by atoms with Crippen molar-refractivity contribution < 1.29 is 39.7 Å². The maximum atomic E-state index is 14.8. The van der Waals surface area contributed by atoms with Crippen molar-refractivity contribution in [2.24, 2.45) is 23.2 Å². The van der Waals surface area contributed by atoms with Crippen LogP contribution in [0.5, 0.6) is 0 Å². The minimum Gasteiger partial charge on any atom is -0.347 e. The molecule has 13 heteroatoms. The molecular weight excluding hydrogens is 626 g/mol. The summed E-state index contributed by atoms with van der Waals surface area (Å²) in [6.45, 7) is 1.38. The molecule has 0 radical (unpaired) electrons. The molecule has 3 aliphatic carbocycles. The molecule has 0 bridgehead atoms. The molecule has 5 rings (SSSR count). The Morgan fingerprint density at radius 3 is 2.39 bits per heavy atom. The van der Waals surface area contributed by atoms with Gasteiger partial charge < -0.3 is 26.2 Å². The Morgan fingerprint density at radius 2 is 1.73 bits per heavy atom. The predicted octanol–water partition coefficient (Wildman–Crippen LogP) is 2.45. The summed E-state index contributed by atoms with van der Waals surface area (Å²) in [4.78, 5) is 92.7. The molecule has 0 unspecified atom stereocenters. The van der Waals surface area contributed by atoms with Gasteiger partial charge in [-0.3, -0.25) is 33.8 Å². The van der Waals surface area contributed by atoms with Gasteiger partial charge in [-0.25, -0.2) is 4.98 Å². The molecule has 1 aliphatic heterocycles. The van der Waals surface area contributed by atoms with E-state index in [1.165, 1.54) is 23.5 Å². The van der Waals surface area contributed by atoms with E-state index >= 15 is 0 Å². The van der Waals surface area contributed by atoms with Gasteiger partial charge >= 0.3 is 0 Å². The Bertz CT molecular complexity index is 1720. The number of carbonyl (C=O) groups excluding carboxylic acids is 6. The quantitative estimate of drug-likeness (QED) is 0.228. The molecule has 5 amide bonds. The molecule has 3 saturated carbocycles. The van der Waals surface area contributed by atoms with Crippen LogP contribution >= 0.6 is 0 Å². The largest absolute Gasteiger partial charge is 0.347 e. The molecule has 1 aromatic heterocycles. The summed E-state index contributed by atoms with van der Waals surface area (Å²) in [5.74, 6) is -7.68. The Morgan fingerprint density at radius 1 is 0.980 bits per heavy atom. The highest BCUT2D eigenvalue weighted by Crippen LogP contribution is 2.43. The summed E-state index contributed by atoms with van der Waals surface area (Å²) in [6, 6.07) is -8.06. The van der Waals surface area contributed by atoms with Crippen LogP contribution in [0.15, 0.2) is 18.6 Å². The highest BCUT2D eigenvalue weighted by Gasteiger charge is 2.52. The van der Waals surface area contributed by atoms with Gasteiger partial charge in [0, 0.05) is 34.6 Å². The highest BCUT2D eigenvalue weighted by molar-refractivity contribution is 6.38. The fourth-order valence-corrected chi connectivity index (χ4v) is 7.41. The van der Waals surface area contributed by atoms with E-state index in [9.17, 15) is 28.8 Å². The van der Waals surface area contributed by atoms with Crippen molar-refractivity contribution in [1.29, 1.82) is 0 Å². The van der Waals surface area contributed by atoms with Gasteiger partial charge in [0.1, 0.15) is 23.8 Å². The summed E-state index contributed by atoms with van der Waals surface area (Å²) in [5, 5.41) is 9.90. The lowest BCUT2D eigenvalue weighted by Crippen LogP contribution is -2.62. The number of rotatable bonds is 13. The first-order chi connectivity index (χ1) is 26.4. The molecule has 49 heavy (non-hydrogen) atoms. The number of nitrogens with zero attached hydrogens (tertiary/aromatic N) is 3. The lowest BCUT2D eigenvalue weighted by atomic mass is 9.82. The Kier molecular flexibility index (Phi) is 8.65. The van der Waals surface area contributed by atoms with Gasteiger partial charge in [-0.1, -0.05) is 59.7 Å². The van der Waals surface area contributed by atoms with E-state index in [1.54, 1.807) is 20.8 Å². The van der Waals surface area contributed by atoms with Crippen molar-refractivity contribution in [1.82, 2.24) is 36.1 Å². The van der Waals surface area contributed by atoms with Gasteiger partial charge in [-0.15, -0.1) is 0 Å². The first-order valence-electron chi connectivity index (χ1n) is 21.3. The van der Waals surface area contributed by atoms with E-state index < -0.39 is 96.4 Å². The molecule has 268 valence electrons. The lowest BCUT2D eigenvalue weighted by Gasteiger charge is -2.38. The Hall–Kier alpha value is -3.90. The number of hydrogen-bond acceptors (Lipinski definition) is 8. The number of aromatic nitrogens is 2. The third kappa shape index (κ3) is 8.83. The van der Waals surface area contributed by atoms with Crippen molar-refractivity contribution >= 4 is 35.3 Å². The van der Waals surface area contributed by atoms with Gasteiger partial charge in [-0.2, -0.15) is 0 Å². The maximum absolute atomic E-state index is 14.8. The standard InChI is InChI=1S/C36H53N7O6/c1-5-10-25(29(44)34(48)39-23-15-16-23)40-33(47)28-24-14-9-13-22(24)20-43(28)35(49)30(36(2,3)4)42-32(46)27(21-11-7-6-8-12-21)41-31(45)26-19-37-17-18-38-26/h17-19,21-25,27-28,30H,5-16,20H2,1-4H3,(H,39,48)(H,40,47)(H,41,45)(H,42,46)/t22-,24-,25+,27-,28-,30+/m0/s1/i1D3,5D2,10D2,25D. The molecule has 0 aromatic carbocycles. The number of Topliss-reactive ketones (excluding diaryl/α,β-unsaturated/α-hetero) is 1. The summed E-state index contributed by atoms with van der Waals surface area (Å²) in [6.07, 6.45) is 2.65. The first-order valence-corrected chi connectivity index (χ1v) is 17.3. The molecule has 0 spiro atoms. The number of amides is 5. The lowest BCUT2D eigenvalue weighted by molar-refractivity contribution is -0.146. The van der Waals surface area contributed by atoms with Crippen LogP contribution < -0.4 is 21.3 Å². The summed E-state index contributed by atoms with van der Waals surface area (Å²) in [5.41, 5.74) is -0.988. The fraction of sp³-hybridized carbons (Fsp3) is 0.722. The number of hydrogen-bond donors (Lipinski definition) is 4. The smallest absolute Gasteiger partial charge is 0.289 e.